The van der Waals surface area contributed by atoms with Gasteiger partial charge < -0.3 is 14.6 Å². The summed E-state index contributed by atoms with van der Waals surface area (Å²) in [6.07, 6.45) is 5.23. The van der Waals surface area contributed by atoms with Crippen molar-refractivity contribution in [2.45, 2.75) is 58.4 Å². The van der Waals surface area contributed by atoms with Gasteiger partial charge in [-0.3, -0.25) is 9.89 Å². The van der Waals surface area contributed by atoms with E-state index in [-0.39, 0.29) is 5.91 Å². The quantitative estimate of drug-likeness (QED) is 0.480. The molecular formula is C20H28N4O2S. The molecule has 0 aliphatic heterocycles. The summed E-state index contributed by atoms with van der Waals surface area (Å²) in [6.45, 7) is 5.32. The highest BCUT2D eigenvalue weighted by Crippen LogP contribution is 2.35. The molecule has 1 aromatic carbocycles. The van der Waals surface area contributed by atoms with Gasteiger partial charge in [-0.25, -0.2) is 0 Å². The molecule has 0 saturated heterocycles. The van der Waals surface area contributed by atoms with Gasteiger partial charge in [-0.1, -0.05) is 12.1 Å². The maximum absolute atomic E-state index is 12.0. The van der Waals surface area contributed by atoms with Gasteiger partial charge in [0.25, 0.3) is 0 Å². The Labute approximate surface area is 165 Å². The zero-order valence-corrected chi connectivity index (χ0v) is 16.9. The van der Waals surface area contributed by atoms with Crippen LogP contribution in [0, 0.1) is 18.6 Å². The van der Waals surface area contributed by atoms with Crippen LogP contribution >= 0.6 is 12.2 Å². The van der Waals surface area contributed by atoms with Crippen LogP contribution in [0.15, 0.2) is 18.2 Å². The Hall–Kier alpha value is -2.15. The lowest BCUT2D eigenvalue weighted by Crippen LogP contribution is -2.26. The lowest BCUT2D eigenvalue weighted by atomic mass is 10.1. The van der Waals surface area contributed by atoms with Crippen molar-refractivity contribution >= 4 is 18.1 Å². The van der Waals surface area contributed by atoms with Gasteiger partial charge in [0.2, 0.25) is 5.91 Å². The van der Waals surface area contributed by atoms with Crippen LogP contribution < -0.4 is 10.1 Å². The fourth-order valence-corrected chi connectivity index (χ4v) is 3.36. The third kappa shape index (κ3) is 5.66. The second-order valence-electron chi connectivity index (χ2n) is 7.22. The molecular weight excluding hydrogens is 360 g/mol. The van der Waals surface area contributed by atoms with E-state index in [0.29, 0.717) is 36.8 Å². The van der Waals surface area contributed by atoms with E-state index < -0.39 is 0 Å². The number of amides is 1. The van der Waals surface area contributed by atoms with Crippen LogP contribution in [0.25, 0.3) is 0 Å². The molecule has 6 nitrogen and oxygen atoms in total. The number of carbonyl (C=O) groups is 1. The van der Waals surface area contributed by atoms with Crippen molar-refractivity contribution in [3.8, 4) is 5.75 Å². The number of benzene rings is 1. The van der Waals surface area contributed by atoms with Crippen LogP contribution in [-0.4, -0.2) is 33.8 Å². The SMILES string of the molecule is Cc1ccc(C)c(OCCCCC(=O)NCCc2n[nH]c(=S)n2C2CC2)c1. The number of H-pyrrole nitrogens is 1. The lowest BCUT2D eigenvalue weighted by molar-refractivity contribution is -0.121. The van der Waals surface area contributed by atoms with Gasteiger partial charge in [-0.05, 0) is 68.9 Å². The molecule has 1 fully saturated rings. The van der Waals surface area contributed by atoms with Crippen LogP contribution in [0.1, 0.15) is 55.1 Å². The minimum Gasteiger partial charge on any atom is -0.493 e. The fourth-order valence-electron chi connectivity index (χ4n) is 3.06. The Morgan fingerprint density at radius 1 is 1.37 bits per heavy atom. The second-order valence-corrected chi connectivity index (χ2v) is 7.61. The molecule has 3 rings (SSSR count). The monoisotopic (exact) mass is 388 g/mol. The molecule has 2 N–H and O–H groups in total. The average molecular weight is 389 g/mol. The molecule has 1 aliphatic carbocycles. The molecule has 0 radical (unpaired) electrons. The van der Waals surface area contributed by atoms with Gasteiger partial charge in [0.1, 0.15) is 11.6 Å². The van der Waals surface area contributed by atoms with Crippen LogP contribution in [0.3, 0.4) is 0 Å². The first kappa shape index (κ1) is 19.6. The normalized spacial score (nSPS) is 13.6. The van der Waals surface area contributed by atoms with E-state index in [0.717, 1.165) is 42.8 Å². The maximum Gasteiger partial charge on any atom is 0.220 e. The van der Waals surface area contributed by atoms with Crippen LogP contribution in [0.2, 0.25) is 0 Å². The van der Waals surface area contributed by atoms with Crippen molar-refractivity contribution < 1.29 is 9.53 Å². The second kappa shape index (κ2) is 9.17. The number of nitrogens with one attached hydrogen (secondary N) is 2. The number of aromatic nitrogens is 3. The number of hydrogen-bond donors (Lipinski definition) is 2. The highest BCUT2D eigenvalue weighted by molar-refractivity contribution is 7.71. The number of hydrogen-bond acceptors (Lipinski definition) is 4. The molecule has 0 atom stereocenters. The Bertz CT molecular complexity index is 839. The summed E-state index contributed by atoms with van der Waals surface area (Å²) < 4.78 is 8.60. The molecule has 1 heterocycles. The van der Waals surface area contributed by atoms with Crippen molar-refractivity contribution in [1.29, 1.82) is 0 Å². The average Bonchev–Trinajstić information content (AvgIpc) is 3.41. The van der Waals surface area contributed by atoms with Crippen molar-refractivity contribution in [2.24, 2.45) is 0 Å². The smallest absolute Gasteiger partial charge is 0.220 e. The van der Waals surface area contributed by atoms with Crippen LogP contribution in [-0.2, 0) is 11.2 Å². The lowest BCUT2D eigenvalue weighted by Gasteiger charge is -2.10. The predicted molar refractivity (Wildman–Crippen MR) is 108 cm³/mol. The number of nitrogens with zero attached hydrogens (tertiary/aromatic N) is 2. The van der Waals surface area contributed by atoms with Gasteiger partial charge >= 0.3 is 0 Å². The van der Waals surface area contributed by atoms with Gasteiger partial charge in [-0.15, -0.1) is 0 Å². The summed E-state index contributed by atoms with van der Waals surface area (Å²) in [6, 6.07) is 6.70. The Balaban J connectivity index is 1.30. The first-order valence-corrected chi connectivity index (χ1v) is 10.1. The summed E-state index contributed by atoms with van der Waals surface area (Å²) in [4.78, 5) is 12.0. The van der Waals surface area contributed by atoms with Crippen molar-refractivity contribution in [2.75, 3.05) is 13.2 Å². The molecule has 1 aromatic heterocycles. The third-order valence-electron chi connectivity index (χ3n) is 4.76. The van der Waals surface area contributed by atoms with E-state index in [9.17, 15) is 4.79 Å². The molecule has 0 spiro atoms. The summed E-state index contributed by atoms with van der Waals surface area (Å²) in [5.74, 6) is 1.95. The van der Waals surface area contributed by atoms with Gasteiger partial charge in [-0.2, -0.15) is 5.10 Å². The number of carbonyl (C=O) groups excluding carboxylic acids is 1. The third-order valence-corrected chi connectivity index (χ3v) is 5.05. The maximum atomic E-state index is 12.0. The largest absolute Gasteiger partial charge is 0.493 e. The fraction of sp³-hybridized carbons (Fsp3) is 0.550. The number of ether oxygens (including phenoxy) is 1. The molecule has 2 aromatic rings. The minimum absolute atomic E-state index is 0.0776. The Morgan fingerprint density at radius 3 is 2.96 bits per heavy atom. The molecule has 7 heteroatoms. The first-order chi connectivity index (χ1) is 13.0. The topological polar surface area (TPSA) is 71.9 Å². The number of aryl methyl sites for hydroxylation is 2. The van der Waals surface area contributed by atoms with Gasteiger partial charge in [0.15, 0.2) is 4.77 Å². The summed E-state index contributed by atoms with van der Waals surface area (Å²) in [5, 5.41) is 10.1. The molecule has 146 valence electrons. The predicted octanol–water partition coefficient (Wildman–Crippen LogP) is 3.80. The van der Waals surface area contributed by atoms with Crippen LogP contribution in [0.5, 0.6) is 5.75 Å². The molecule has 0 unspecified atom stereocenters. The summed E-state index contributed by atoms with van der Waals surface area (Å²) in [7, 11) is 0. The molecule has 0 bridgehead atoms. The molecule has 1 saturated carbocycles. The zero-order valence-electron chi connectivity index (χ0n) is 16.1. The van der Waals surface area contributed by atoms with E-state index in [1.54, 1.807) is 0 Å². The van der Waals surface area contributed by atoms with Gasteiger partial charge in [0.05, 0.1) is 6.61 Å². The van der Waals surface area contributed by atoms with Crippen molar-refractivity contribution in [3.05, 3.63) is 39.9 Å². The van der Waals surface area contributed by atoms with Crippen molar-refractivity contribution in [3.63, 3.8) is 0 Å². The minimum atomic E-state index is 0.0776. The number of unbranched alkanes of at least 4 members (excludes halogenated alkanes) is 1. The van der Waals surface area contributed by atoms with E-state index in [4.69, 9.17) is 17.0 Å². The zero-order chi connectivity index (χ0) is 19.2. The summed E-state index contributed by atoms with van der Waals surface area (Å²) in [5.41, 5.74) is 2.33. The number of aromatic amines is 1. The standard InChI is InChI=1S/C20H28N4O2S/c1-14-6-7-15(2)17(13-14)26-12-4-3-5-19(25)21-11-10-18-22-23-20(27)24(18)16-8-9-16/h6-7,13,16H,3-5,8-12H2,1-2H3,(H,21,25)(H,23,27). The van der Waals surface area contributed by atoms with E-state index in [1.165, 1.54) is 5.56 Å². The van der Waals surface area contributed by atoms with E-state index in [2.05, 4.69) is 45.2 Å². The van der Waals surface area contributed by atoms with Crippen molar-refractivity contribution in [1.82, 2.24) is 20.1 Å². The van der Waals surface area contributed by atoms with E-state index >= 15 is 0 Å². The van der Waals surface area contributed by atoms with E-state index in [1.807, 2.05) is 6.92 Å². The number of rotatable bonds is 10. The first-order valence-electron chi connectivity index (χ1n) is 9.67. The van der Waals surface area contributed by atoms with Gasteiger partial charge in [0, 0.05) is 25.4 Å². The molecule has 1 amide bonds. The summed E-state index contributed by atoms with van der Waals surface area (Å²) >= 11 is 5.27. The Morgan fingerprint density at radius 2 is 2.19 bits per heavy atom. The molecule has 27 heavy (non-hydrogen) atoms. The highest BCUT2D eigenvalue weighted by Gasteiger charge is 2.26. The van der Waals surface area contributed by atoms with Crippen LogP contribution in [0.4, 0.5) is 0 Å². The Kier molecular flexibility index (Phi) is 6.66. The highest BCUT2D eigenvalue weighted by atomic mass is 32.1. The molecule has 1 aliphatic rings.